The molecule has 1 saturated heterocycles. The van der Waals surface area contributed by atoms with Crippen molar-refractivity contribution in [3.63, 3.8) is 0 Å². The standard InChI is InChI=1S/C12H18N4O/c1-9-3-2-5-16(6-4-9)12(17)10-7-14-8-11(13)15-10/h7-9H,2-6H2,1H3,(H2,13,15). The highest BCUT2D eigenvalue weighted by Crippen LogP contribution is 2.17. The number of hydrogen-bond acceptors (Lipinski definition) is 4. The Morgan fingerprint density at radius 2 is 2.24 bits per heavy atom. The number of aromatic nitrogens is 2. The highest BCUT2D eigenvalue weighted by molar-refractivity contribution is 5.92. The Labute approximate surface area is 101 Å². The van der Waals surface area contributed by atoms with Gasteiger partial charge in [-0.2, -0.15) is 0 Å². The van der Waals surface area contributed by atoms with Crippen molar-refractivity contribution < 1.29 is 4.79 Å². The van der Waals surface area contributed by atoms with Crippen molar-refractivity contribution in [2.24, 2.45) is 5.92 Å². The quantitative estimate of drug-likeness (QED) is 0.795. The summed E-state index contributed by atoms with van der Waals surface area (Å²) >= 11 is 0. The molecule has 0 saturated carbocycles. The number of hydrogen-bond donors (Lipinski definition) is 1. The number of nitrogen functional groups attached to an aromatic ring is 1. The minimum Gasteiger partial charge on any atom is -0.382 e. The molecule has 1 aromatic rings. The van der Waals surface area contributed by atoms with Gasteiger partial charge >= 0.3 is 0 Å². The van der Waals surface area contributed by atoms with Crippen molar-refractivity contribution in [3.05, 3.63) is 18.1 Å². The summed E-state index contributed by atoms with van der Waals surface area (Å²) < 4.78 is 0. The van der Waals surface area contributed by atoms with Gasteiger partial charge in [0.25, 0.3) is 5.91 Å². The molecule has 2 N–H and O–H groups in total. The van der Waals surface area contributed by atoms with Crippen LogP contribution in [0.15, 0.2) is 12.4 Å². The number of carbonyl (C=O) groups excluding carboxylic acids is 1. The average Bonchev–Trinajstić information content (AvgIpc) is 2.53. The van der Waals surface area contributed by atoms with Gasteiger partial charge in [0, 0.05) is 13.1 Å². The minimum absolute atomic E-state index is 0.0566. The smallest absolute Gasteiger partial charge is 0.274 e. The van der Waals surface area contributed by atoms with E-state index in [0.29, 0.717) is 17.4 Å². The molecule has 1 aliphatic rings. The lowest BCUT2D eigenvalue weighted by Gasteiger charge is -2.19. The monoisotopic (exact) mass is 234 g/mol. The van der Waals surface area contributed by atoms with E-state index in [0.717, 1.165) is 25.9 Å². The fourth-order valence-corrected chi connectivity index (χ4v) is 2.11. The number of likely N-dealkylation sites (tertiary alicyclic amines) is 1. The fourth-order valence-electron chi connectivity index (χ4n) is 2.11. The van der Waals surface area contributed by atoms with Crippen LogP contribution in [0.4, 0.5) is 5.82 Å². The van der Waals surface area contributed by atoms with Gasteiger partial charge in [0.1, 0.15) is 11.5 Å². The first-order valence-corrected chi connectivity index (χ1v) is 6.03. The van der Waals surface area contributed by atoms with Gasteiger partial charge in [-0.25, -0.2) is 4.98 Å². The maximum atomic E-state index is 12.2. The molecule has 1 atom stereocenters. The maximum absolute atomic E-state index is 12.2. The molecular formula is C12H18N4O. The second-order valence-corrected chi connectivity index (χ2v) is 4.66. The molecule has 1 aliphatic heterocycles. The van der Waals surface area contributed by atoms with Gasteiger partial charge in [0.2, 0.25) is 0 Å². The molecule has 0 spiro atoms. The van der Waals surface area contributed by atoms with Crippen molar-refractivity contribution in [2.45, 2.75) is 26.2 Å². The number of amides is 1. The van der Waals surface area contributed by atoms with Gasteiger partial charge in [-0.1, -0.05) is 6.92 Å². The molecular weight excluding hydrogens is 216 g/mol. The van der Waals surface area contributed by atoms with E-state index in [2.05, 4.69) is 16.9 Å². The van der Waals surface area contributed by atoms with E-state index in [-0.39, 0.29) is 5.91 Å². The summed E-state index contributed by atoms with van der Waals surface area (Å²) in [6, 6.07) is 0. The Morgan fingerprint density at radius 3 is 3.00 bits per heavy atom. The average molecular weight is 234 g/mol. The Morgan fingerprint density at radius 1 is 1.41 bits per heavy atom. The lowest BCUT2D eigenvalue weighted by molar-refractivity contribution is 0.0754. The molecule has 1 amide bonds. The summed E-state index contributed by atoms with van der Waals surface area (Å²) in [5, 5.41) is 0. The van der Waals surface area contributed by atoms with E-state index in [1.165, 1.54) is 18.8 Å². The van der Waals surface area contributed by atoms with Crippen LogP contribution in [0, 0.1) is 5.92 Å². The molecule has 2 heterocycles. The Bertz CT molecular complexity index is 407. The minimum atomic E-state index is -0.0566. The van der Waals surface area contributed by atoms with Crippen molar-refractivity contribution in [3.8, 4) is 0 Å². The van der Waals surface area contributed by atoms with Crippen molar-refractivity contribution in [1.29, 1.82) is 0 Å². The molecule has 17 heavy (non-hydrogen) atoms. The van der Waals surface area contributed by atoms with Gasteiger partial charge in [-0.05, 0) is 25.2 Å². The molecule has 2 rings (SSSR count). The normalized spacial score (nSPS) is 21.0. The molecule has 92 valence electrons. The molecule has 0 aliphatic carbocycles. The SMILES string of the molecule is CC1CCCN(C(=O)c2cncc(N)n2)CC1. The van der Waals surface area contributed by atoms with Crippen LogP contribution in [-0.4, -0.2) is 33.9 Å². The maximum Gasteiger partial charge on any atom is 0.274 e. The summed E-state index contributed by atoms with van der Waals surface area (Å²) in [4.78, 5) is 22.0. The van der Waals surface area contributed by atoms with Crippen molar-refractivity contribution in [2.75, 3.05) is 18.8 Å². The zero-order valence-electron chi connectivity index (χ0n) is 10.1. The zero-order valence-corrected chi connectivity index (χ0v) is 10.1. The van der Waals surface area contributed by atoms with E-state index in [9.17, 15) is 4.79 Å². The number of carbonyl (C=O) groups is 1. The third-order valence-corrected chi connectivity index (χ3v) is 3.18. The van der Waals surface area contributed by atoms with Gasteiger partial charge in [-0.3, -0.25) is 9.78 Å². The van der Waals surface area contributed by atoms with Crippen LogP contribution in [0.5, 0.6) is 0 Å². The van der Waals surface area contributed by atoms with Crippen LogP contribution in [0.25, 0.3) is 0 Å². The van der Waals surface area contributed by atoms with Crippen LogP contribution < -0.4 is 5.73 Å². The van der Waals surface area contributed by atoms with E-state index in [1.807, 2.05) is 4.90 Å². The Balaban J connectivity index is 2.09. The summed E-state index contributed by atoms with van der Waals surface area (Å²) in [5.41, 5.74) is 5.88. The second-order valence-electron chi connectivity index (χ2n) is 4.66. The molecule has 5 heteroatoms. The third kappa shape index (κ3) is 2.93. The lowest BCUT2D eigenvalue weighted by Crippen LogP contribution is -2.32. The van der Waals surface area contributed by atoms with Crippen molar-refractivity contribution in [1.82, 2.24) is 14.9 Å². The first kappa shape index (κ1) is 11.8. The summed E-state index contributed by atoms with van der Waals surface area (Å²) in [6.45, 7) is 3.84. The van der Waals surface area contributed by atoms with E-state index in [4.69, 9.17) is 5.73 Å². The first-order valence-electron chi connectivity index (χ1n) is 6.03. The first-order chi connectivity index (χ1) is 8.16. The van der Waals surface area contributed by atoms with Gasteiger partial charge in [-0.15, -0.1) is 0 Å². The van der Waals surface area contributed by atoms with Crippen LogP contribution >= 0.6 is 0 Å². The molecule has 1 fully saturated rings. The molecule has 0 radical (unpaired) electrons. The topological polar surface area (TPSA) is 72.1 Å². The van der Waals surface area contributed by atoms with Crippen LogP contribution in [0.1, 0.15) is 36.7 Å². The van der Waals surface area contributed by atoms with E-state index >= 15 is 0 Å². The Kier molecular flexibility index (Phi) is 3.56. The predicted molar refractivity (Wildman–Crippen MR) is 65.4 cm³/mol. The summed E-state index contributed by atoms with van der Waals surface area (Å²) in [6.07, 6.45) is 6.23. The fraction of sp³-hybridized carbons (Fsp3) is 0.583. The summed E-state index contributed by atoms with van der Waals surface area (Å²) in [5.74, 6) is 0.928. The molecule has 0 aromatic carbocycles. The highest BCUT2D eigenvalue weighted by atomic mass is 16.2. The summed E-state index contributed by atoms with van der Waals surface area (Å²) in [7, 11) is 0. The number of nitrogens with zero attached hydrogens (tertiary/aromatic N) is 3. The van der Waals surface area contributed by atoms with Gasteiger partial charge in [0.05, 0.1) is 12.4 Å². The largest absolute Gasteiger partial charge is 0.382 e. The highest BCUT2D eigenvalue weighted by Gasteiger charge is 2.20. The zero-order chi connectivity index (χ0) is 12.3. The molecule has 1 aromatic heterocycles. The third-order valence-electron chi connectivity index (χ3n) is 3.18. The van der Waals surface area contributed by atoms with Gasteiger partial charge < -0.3 is 10.6 Å². The van der Waals surface area contributed by atoms with E-state index in [1.54, 1.807) is 0 Å². The lowest BCUT2D eigenvalue weighted by atomic mass is 10.0. The van der Waals surface area contributed by atoms with Crippen LogP contribution in [0.2, 0.25) is 0 Å². The predicted octanol–water partition coefficient (Wildman–Crippen LogP) is 1.32. The molecule has 1 unspecified atom stereocenters. The van der Waals surface area contributed by atoms with Crippen LogP contribution in [0.3, 0.4) is 0 Å². The van der Waals surface area contributed by atoms with Crippen molar-refractivity contribution >= 4 is 11.7 Å². The number of anilines is 1. The van der Waals surface area contributed by atoms with Crippen LogP contribution in [-0.2, 0) is 0 Å². The van der Waals surface area contributed by atoms with E-state index < -0.39 is 0 Å². The molecule has 5 nitrogen and oxygen atoms in total. The second kappa shape index (κ2) is 5.12. The number of nitrogens with two attached hydrogens (primary N) is 1. The molecule has 0 bridgehead atoms. The number of rotatable bonds is 1. The Hall–Kier alpha value is -1.65. The van der Waals surface area contributed by atoms with Gasteiger partial charge in [0.15, 0.2) is 0 Å².